The number of hydrogen-bond donors (Lipinski definition) is 2. The standard InChI is InChI=1S/C21H27N5OS/c1-4-19-25-17(14-28-19)10-11-23-21(22-5-2)24-12-18-13-27-20(26-18)16-8-6-15(3)7-9-16/h6-9,13-14H,4-5,10-12H2,1-3H3,(H2,22,23,24). The molecule has 0 radical (unpaired) electrons. The van der Waals surface area contributed by atoms with Crippen molar-refractivity contribution < 1.29 is 4.42 Å². The van der Waals surface area contributed by atoms with Crippen molar-refractivity contribution in [1.29, 1.82) is 0 Å². The van der Waals surface area contributed by atoms with Crippen LogP contribution >= 0.6 is 11.3 Å². The molecule has 0 aliphatic heterocycles. The van der Waals surface area contributed by atoms with E-state index in [0.717, 1.165) is 48.8 Å². The fourth-order valence-corrected chi connectivity index (χ4v) is 3.42. The van der Waals surface area contributed by atoms with E-state index in [1.165, 1.54) is 10.6 Å². The molecule has 0 fully saturated rings. The molecule has 3 aromatic rings. The van der Waals surface area contributed by atoms with Gasteiger partial charge in [0.05, 0.1) is 17.2 Å². The number of aryl methyl sites for hydroxylation is 2. The summed E-state index contributed by atoms with van der Waals surface area (Å²) < 4.78 is 5.61. The molecular formula is C21H27N5OS. The first-order valence-electron chi connectivity index (χ1n) is 9.64. The largest absolute Gasteiger partial charge is 0.444 e. The number of hydrogen-bond acceptors (Lipinski definition) is 5. The third kappa shape index (κ3) is 5.66. The maximum Gasteiger partial charge on any atom is 0.226 e. The van der Waals surface area contributed by atoms with Crippen molar-refractivity contribution in [1.82, 2.24) is 20.6 Å². The number of nitrogens with one attached hydrogen (secondary N) is 2. The van der Waals surface area contributed by atoms with Gasteiger partial charge in [0.2, 0.25) is 5.89 Å². The molecule has 0 aliphatic rings. The normalized spacial score (nSPS) is 11.6. The highest BCUT2D eigenvalue weighted by Gasteiger charge is 2.07. The minimum atomic E-state index is 0.460. The van der Waals surface area contributed by atoms with Gasteiger partial charge in [-0.3, -0.25) is 0 Å². The van der Waals surface area contributed by atoms with E-state index in [-0.39, 0.29) is 0 Å². The molecule has 2 N–H and O–H groups in total. The Morgan fingerprint density at radius 1 is 1.11 bits per heavy atom. The highest BCUT2D eigenvalue weighted by molar-refractivity contribution is 7.09. The Kier molecular flexibility index (Phi) is 7.19. The molecule has 0 amide bonds. The van der Waals surface area contributed by atoms with Crippen LogP contribution in [0.25, 0.3) is 11.5 Å². The number of thiazole rings is 1. The smallest absolute Gasteiger partial charge is 0.226 e. The minimum Gasteiger partial charge on any atom is -0.444 e. The molecule has 148 valence electrons. The number of aromatic nitrogens is 2. The quantitative estimate of drug-likeness (QED) is 0.444. The van der Waals surface area contributed by atoms with Gasteiger partial charge in [-0.15, -0.1) is 11.3 Å². The van der Waals surface area contributed by atoms with Crippen LogP contribution in [0.2, 0.25) is 0 Å². The molecular weight excluding hydrogens is 370 g/mol. The SMILES string of the molecule is CCNC(=NCc1coc(-c2ccc(C)cc2)n1)NCCc1csc(CC)n1. The Hall–Kier alpha value is -2.67. The third-order valence-electron chi connectivity index (χ3n) is 4.17. The van der Waals surface area contributed by atoms with Crippen LogP contribution in [0, 0.1) is 6.92 Å². The number of guanidine groups is 1. The Bertz CT molecular complexity index is 898. The van der Waals surface area contributed by atoms with E-state index in [9.17, 15) is 0 Å². The molecule has 6 nitrogen and oxygen atoms in total. The topological polar surface area (TPSA) is 75.3 Å². The van der Waals surface area contributed by atoms with E-state index in [2.05, 4.69) is 63.9 Å². The number of benzene rings is 1. The third-order valence-corrected chi connectivity index (χ3v) is 5.21. The lowest BCUT2D eigenvalue weighted by molar-refractivity contribution is 0.572. The van der Waals surface area contributed by atoms with Crippen LogP contribution in [-0.2, 0) is 19.4 Å². The van der Waals surface area contributed by atoms with E-state index in [1.54, 1.807) is 17.6 Å². The second-order valence-electron chi connectivity index (χ2n) is 6.47. The van der Waals surface area contributed by atoms with Gasteiger partial charge < -0.3 is 15.1 Å². The lowest BCUT2D eigenvalue weighted by Crippen LogP contribution is -2.38. The van der Waals surface area contributed by atoms with Gasteiger partial charge in [0.25, 0.3) is 0 Å². The van der Waals surface area contributed by atoms with Crippen LogP contribution in [0.15, 0.2) is 45.3 Å². The zero-order valence-electron chi connectivity index (χ0n) is 16.7. The molecule has 0 atom stereocenters. The van der Waals surface area contributed by atoms with Gasteiger partial charge in [0.1, 0.15) is 12.0 Å². The summed E-state index contributed by atoms with van der Waals surface area (Å²) in [6.45, 7) is 8.29. The highest BCUT2D eigenvalue weighted by Crippen LogP contribution is 2.19. The average Bonchev–Trinajstić information content (AvgIpc) is 3.36. The fourth-order valence-electron chi connectivity index (χ4n) is 2.65. The minimum absolute atomic E-state index is 0.460. The zero-order valence-corrected chi connectivity index (χ0v) is 17.5. The maximum absolute atomic E-state index is 5.61. The van der Waals surface area contributed by atoms with Crippen molar-refractivity contribution in [3.8, 4) is 11.5 Å². The summed E-state index contributed by atoms with van der Waals surface area (Å²) in [6.07, 6.45) is 3.54. The summed E-state index contributed by atoms with van der Waals surface area (Å²) in [5.74, 6) is 1.40. The Morgan fingerprint density at radius 3 is 2.64 bits per heavy atom. The van der Waals surface area contributed by atoms with Gasteiger partial charge >= 0.3 is 0 Å². The molecule has 2 aromatic heterocycles. The van der Waals surface area contributed by atoms with E-state index >= 15 is 0 Å². The summed E-state index contributed by atoms with van der Waals surface area (Å²) in [7, 11) is 0. The maximum atomic E-state index is 5.61. The predicted octanol–water partition coefficient (Wildman–Crippen LogP) is 3.97. The van der Waals surface area contributed by atoms with E-state index in [0.29, 0.717) is 12.4 Å². The molecule has 7 heteroatoms. The number of nitrogens with zero attached hydrogens (tertiary/aromatic N) is 3. The molecule has 2 heterocycles. The van der Waals surface area contributed by atoms with Crippen molar-refractivity contribution in [2.24, 2.45) is 4.99 Å². The Morgan fingerprint density at radius 2 is 1.93 bits per heavy atom. The van der Waals surface area contributed by atoms with Gasteiger partial charge in [-0.25, -0.2) is 15.0 Å². The lowest BCUT2D eigenvalue weighted by Gasteiger charge is -2.10. The van der Waals surface area contributed by atoms with Crippen molar-refractivity contribution in [3.63, 3.8) is 0 Å². The lowest BCUT2D eigenvalue weighted by atomic mass is 10.1. The van der Waals surface area contributed by atoms with Gasteiger partial charge in [0.15, 0.2) is 5.96 Å². The van der Waals surface area contributed by atoms with Crippen LogP contribution in [0.4, 0.5) is 0 Å². The molecule has 28 heavy (non-hydrogen) atoms. The van der Waals surface area contributed by atoms with Gasteiger partial charge in [-0.05, 0) is 32.4 Å². The first-order valence-corrected chi connectivity index (χ1v) is 10.5. The summed E-state index contributed by atoms with van der Waals surface area (Å²) >= 11 is 1.72. The molecule has 0 unspecified atom stereocenters. The monoisotopic (exact) mass is 397 g/mol. The fraction of sp³-hybridized carbons (Fsp3) is 0.381. The van der Waals surface area contributed by atoms with Crippen LogP contribution in [-0.4, -0.2) is 29.0 Å². The molecule has 0 bridgehead atoms. The zero-order chi connectivity index (χ0) is 19.8. The number of aliphatic imine (C=N–C) groups is 1. The highest BCUT2D eigenvalue weighted by atomic mass is 32.1. The first-order chi connectivity index (χ1) is 13.7. The van der Waals surface area contributed by atoms with Gasteiger partial charge in [-0.2, -0.15) is 0 Å². The first kappa shape index (κ1) is 20.1. The van der Waals surface area contributed by atoms with Crippen LogP contribution in [0.3, 0.4) is 0 Å². The summed E-state index contributed by atoms with van der Waals surface area (Å²) in [4.78, 5) is 13.8. The second kappa shape index (κ2) is 10.0. The molecule has 0 spiro atoms. The summed E-state index contributed by atoms with van der Waals surface area (Å²) in [5.41, 5.74) is 4.12. The van der Waals surface area contributed by atoms with Crippen molar-refractivity contribution >= 4 is 17.3 Å². The average molecular weight is 398 g/mol. The van der Waals surface area contributed by atoms with Crippen molar-refractivity contribution in [2.45, 2.75) is 40.2 Å². The molecule has 1 aromatic carbocycles. The predicted molar refractivity (Wildman–Crippen MR) is 115 cm³/mol. The van der Waals surface area contributed by atoms with E-state index < -0.39 is 0 Å². The van der Waals surface area contributed by atoms with E-state index in [1.807, 2.05) is 12.1 Å². The van der Waals surface area contributed by atoms with E-state index in [4.69, 9.17) is 4.42 Å². The molecule has 0 saturated carbocycles. The summed E-state index contributed by atoms with van der Waals surface area (Å²) in [5, 5.41) is 9.94. The molecule has 3 rings (SSSR count). The molecule has 0 saturated heterocycles. The number of oxazole rings is 1. The van der Waals surface area contributed by atoms with Crippen molar-refractivity contribution in [2.75, 3.05) is 13.1 Å². The van der Waals surface area contributed by atoms with Gasteiger partial charge in [0, 0.05) is 30.5 Å². The van der Waals surface area contributed by atoms with Crippen molar-refractivity contribution in [3.05, 3.63) is 57.9 Å². The van der Waals surface area contributed by atoms with Crippen LogP contribution in [0.1, 0.15) is 35.8 Å². The van der Waals surface area contributed by atoms with Crippen LogP contribution in [0.5, 0.6) is 0 Å². The van der Waals surface area contributed by atoms with Gasteiger partial charge in [-0.1, -0.05) is 24.6 Å². The Labute approximate surface area is 170 Å². The number of rotatable bonds is 8. The summed E-state index contributed by atoms with van der Waals surface area (Å²) in [6, 6.07) is 8.14. The Balaban J connectivity index is 1.55. The molecule has 0 aliphatic carbocycles. The second-order valence-corrected chi connectivity index (χ2v) is 7.41. The van der Waals surface area contributed by atoms with Crippen LogP contribution < -0.4 is 10.6 Å².